The van der Waals surface area contributed by atoms with E-state index >= 15 is 0 Å². The lowest BCUT2D eigenvalue weighted by molar-refractivity contribution is -0.137. The van der Waals surface area contributed by atoms with Crippen LogP contribution in [0.2, 0.25) is 0 Å². The van der Waals surface area contributed by atoms with Crippen LogP contribution in [0, 0.1) is 6.92 Å². The van der Waals surface area contributed by atoms with Gasteiger partial charge in [-0.25, -0.2) is 0 Å². The van der Waals surface area contributed by atoms with Crippen LogP contribution >= 0.6 is 11.3 Å². The number of aliphatic carboxylic acids is 1. The van der Waals surface area contributed by atoms with E-state index in [2.05, 4.69) is 37.5 Å². The molecule has 0 aliphatic heterocycles. The zero-order valence-corrected chi connectivity index (χ0v) is 11.6. The number of hydrogen-bond acceptors (Lipinski definition) is 3. The predicted molar refractivity (Wildman–Crippen MR) is 71.8 cm³/mol. The van der Waals surface area contributed by atoms with Crippen molar-refractivity contribution in [2.75, 3.05) is 13.1 Å². The van der Waals surface area contributed by atoms with Crippen molar-refractivity contribution in [3.05, 3.63) is 21.9 Å². The summed E-state index contributed by atoms with van der Waals surface area (Å²) in [6.45, 7) is 8.22. The number of carboxylic acids is 1. The van der Waals surface area contributed by atoms with E-state index < -0.39 is 5.97 Å². The summed E-state index contributed by atoms with van der Waals surface area (Å²) in [4.78, 5) is 11.8. The molecule has 0 amide bonds. The van der Waals surface area contributed by atoms with Crippen LogP contribution in [0.15, 0.2) is 11.4 Å². The molecule has 0 fully saturated rings. The molecule has 0 spiro atoms. The summed E-state index contributed by atoms with van der Waals surface area (Å²) >= 11 is 1.79. The highest BCUT2D eigenvalue weighted by atomic mass is 32.1. The van der Waals surface area contributed by atoms with Crippen molar-refractivity contribution in [3.8, 4) is 0 Å². The summed E-state index contributed by atoms with van der Waals surface area (Å²) in [5, 5.41) is 14.0. The Hall–Kier alpha value is -0.870. The Kier molecular flexibility index (Phi) is 5.15. The third kappa shape index (κ3) is 4.48. The van der Waals surface area contributed by atoms with Crippen LogP contribution in [-0.2, 0) is 10.2 Å². The Morgan fingerprint density at radius 1 is 1.53 bits per heavy atom. The van der Waals surface area contributed by atoms with Gasteiger partial charge in [-0.1, -0.05) is 13.8 Å². The van der Waals surface area contributed by atoms with Crippen LogP contribution in [0.5, 0.6) is 0 Å². The van der Waals surface area contributed by atoms with Crippen LogP contribution < -0.4 is 5.32 Å². The molecule has 0 aromatic carbocycles. The molecule has 1 aromatic rings. The highest BCUT2D eigenvalue weighted by molar-refractivity contribution is 7.10. The zero-order chi connectivity index (χ0) is 12.9. The zero-order valence-electron chi connectivity index (χ0n) is 10.7. The lowest BCUT2D eigenvalue weighted by Crippen LogP contribution is -2.33. The van der Waals surface area contributed by atoms with Gasteiger partial charge < -0.3 is 10.4 Å². The fourth-order valence-corrected chi connectivity index (χ4v) is 2.97. The summed E-state index contributed by atoms with van der Waals surface area (Å²) in [7, 11) is 0. The lowest BCUT2D eigenvalue weighted by atomic mass is 9.89. The van der Waals surface area contributed by atoms with Crippen LogP contribution in [0.1, 0.15) is 37.1 Å². The first-order valence-electron chi connectivity index (χ1n) is 5.90. The van der Waals surface area contributed by atoms with E-state index in [-0.39, 0.29) is 11.8 Å². The second-order valence-electron chi connectivity index (χ2n) is 4.99. The Morgan fingerprint density at radius 3 is 2.76 bits per heavy atom. The van der Waals surface area contributed by atoms with Gasteiger partial charge in [0.1, 0.15) is 0 Å². The average Bonchev–Trinajstić information content (AvgIpc) is 2.64. The molecule has 0 saturated carbocycles. The minimum Gasteiger partial charge on any atom is -0.481 e. The van der Waals surface area contributed by atoms with Gasteiger partial charge in [0.2, 0.25) is 0 Å². The van der Waals surface area contributed by atoms with Gasteiger partial charge in [-0.05, 0) is 36.9 Å². The molecule has 3 nitrogen and oxygen atoms in total. The van der Waals surface area contributed by atoms with Crippen LogP contribution in [-0.4, -0.2) is 24.2 Å². The number of carboxylic acid groups (broad SMARTS) is 1. The predicted octanol–water partition coefficient (Wildman–Crippen LogP) is 2.79. The van der Waals surface area contributed by atoms with Crippen LogP contribution in [0.3, 0.4) is 0 Å². The second kappa shape index (κ2) is 6.17. The summed E-state index contributed by atoms with van der Waals surface area (Å²) in [6.07, 6.45) is 0.931. The molecule has 4 heteroatoms. The smallest absolute Gasteiger partial charge is 0.303 e. The monoisotopic (exact) mass is 255 g/mol. The maximum absolute atomic E-state index is 10.4. The minimum absolute atomic E-state index is 0.113. The number of aryl methyl sites for hydroxylation is 1. The van der Waals surface area contributed by atoms with Crippen molar-refractivity contribution in [1.29, 1.82) is 0 Å². The standard InChI is InChI=1S/C13H21NO2S/c1-10-6-8-17-12(10)13(2,3)9-14-7-4-5-11(15)16/h6,8,14H,4-5,7,9H2,1-3H3,(H,15,16). The number of carbonyl (C=O) groups is 1. The quantitative estimate of drug-likeness (QED) is 0.737. The van der Waals surface area contributed by atoms with Gasteiger partial charge in [-0.2, -0.15) is 0 Å². The molecule has 1 rings (SSSR count). The SMILES string of the molecule is Cc1ccsc1C(C)(C)CNCCCC(=O)O. The van der Waals surface area contributed by atoms with E-state index in [1.54, 1.807) is 11.3 Å². The van der Waals surface area contributed by atoms with Crippen LogP contribution in [0.4, 0.5) is 0 Å². The van der Waals surface area contributed by atoms with Crippen molar-refractivity contribution in [2.45, 2.75) is 39.0 Å². The van der Waals surface area contributed by atoms with E-state index in [1.807, 2.05) is 0 Å². The molecule has 0 saturated heterocycles. The molecule has 1 heterocycles. The summed E-state index contributed by atoms with van der Waals surface area (Å²) in [5.41, 5.74) is 1.45. The van der Waals surface area contributed by atoms with Crippen molar-refractivity contribution >= 4 is 17.3 Å². The summed E-state index contributed by atoms with van der Waals surface area (Å²) < 4.78 is 0. The van der Waals surface area contributed by atoms with Gasteiger partial charge in [0.05, 0.1) is 0 Å². The van der Waals surface area contributed by atoms with Crippen molar-refractivity contribution in [3.63, 3.8) is 0 Å². The molecule has 2 N–H and O–H groups in total. The molecule has 0 aliphatic rings. The molecule has 17 heavy (non-hydrogen) atoms. The Labute approximate surface area is 107 Å². The van der Waals surface area contributed by atoms with Gasteiger partial charge in [0.25, 0.3) is 0 Å². The molecular formula is C13H21NO2S. The van der Waals surface area contributed by atoms with Gasteiger partial charge in [0.15, 0.2) is 0 Å². The third-order valence-electron chi connectivity index (χ3n) is 2.79. The molecule has 0 bridgehead atoms. The lowest BCUT2D eigenvalue weighted by Gasteiger charge is -2.25. The Morgan fingerprint density at radius 2 is 2.24 bits per heavy atom. The first kappa shape index (κ1) is 14.2. The molecular weight excluding hydrogens is 234 g/mol. The molecule has 0 atom stereocenters. The number of rotatable bonds is 7. The van der Waals surface area contributed by atoms with Crippen molar-refractivity contribution in [2.24, 2.45) is 0 Å². The van der Waals surface area contributed by atoms with E-state index in [0.29, 0.717) is 6.42 Å². The second-order valence-corrected chi connectivity index (χ2v) is 5.91. The number of nitrogens with one attached hydrogen (secondary N) is 1. The van der Waals surface area contributed by atoms with E-state index in [9.17, 15) is 4.79 Å². The van der Waals surface area contributed by atoms with Gasteiger partial charge in [-0.15, -0.1) is 11.3 Å². The van der Waals surface area contributed by atoms with Crippen molar-refractivity contribution < 1.29 is 9.90 Å². The number of thiophene rings is 1. The van der Waals surface area contributed by atoms with Gasteiger partial charge >= 0.3 is 5.97 Å². The average molecular weight is 255 g/mol. The number of hydrogen-bond donors (Lipinski definition) is 2. The van der Waals surface area contributed by atoms with E-state index in [1.165, 1.54) is 10.4 Å². The molecule has 0 unspecified atom stereocenters. The third-order valence-corrected chi connectivity index (χ3v) is 4.17. The van der Waals surface area contributed by atoms with E-state index in [4.69, 9.17) is 5.11 Å². The highest BCUT2D eigenvalue weighted by Crippen LogP contribution is 2.30. The fourth-order valence-electron chi connectivity index (χ4n) is 1.91. The maximum atomic E-state index is 10.4. The van der Waals surface area contributed by atoms with Crippen LogP contribution in [0.25, 0.3) is 0 Å². The Bertz CT molecular complexity index is 371. The van der Waals surface area contributed by atoms with Gasteiger partial charge in [0, 0.05) is 23.3 Å². The summed E-state index contributed by atoms with van der Waals surface area (Å²) in [6, 6.07) is 2.15. The first-order chi connectivity index (χ1) is 7.93. The largest absolute Gasteiger partial charge is 0.481 e. The minimum atomic E-state index is -0.722. The highest BCUT2D eigenvalue weighted by Gasteiger charge is 2.23. The van der Waals surface area contributed by atoms with Gasteiger partial charge in [-0.3, -0.25) is 4.79 Å². The normalized spacial score (nSPS) is 11.7. The van der Waals surface area contributed by atoms with E-state index in [0.717, 1.165) is 13.1 Å². The fraction of sp³-hybridized carbons (Fsp3) is 0.615. The first-order valence-corrected chi connectivity index (χ1v) is 6.78. The molecule has 0 radical (unpaired) electrons. The molecule has 96 valence electrons. The molecule has 1 aromatic heterocycles. The maximum Gasteiger partial charge on any atom is 0.303 e. The summed E-state index contributed by atoms with van der Waals surface area (Å²) in [5.74, 6) is -0.722. The van der Waals surface area contributed by atoms with Crippen molar-refractivity contribution in [1.82, 2.24) is 5.32 Å². The topological polar surface area (TPSA) is 49.3 Å². The molecule has 0 aliphatic carbocycles. The Balaban J connectivity index is 2.35.